The van der Waals surface area contributed by atoms with Crippen molar-refractivity contribution in [1.82, 2.24) is 9.80 Å². The summed E-state index contributed by atoms with van der Waals surface area (Å²) in [4.78, 5) is 38.5. The monoisotopic (exact) mass is 304 g/mol. The van der Waals surface area contributed by atoms with Crippen LogP contribution in [-0.4, -0.2) is 54.8 Å². The second-order valence-corrected chi connectivity index (χ2v) is 5.61. The van der Waals surface area contributed by atoms with Gasteiger partial charge in [0.25, 0.3) is 0 Å². The number of ether oxygens (including phenoxy) is 1. The Morgan fingerprint density at radius 3 is 2.45 bits per heavy atom. The lowest BCUT2D eigenvalue weighted by molar-refractivity contribution is -0.139. The zero-order chi connectivity index (χ0) is 16.3. The largest absolute Gasteiger partial charge is 0.427 e. The maximum Gasteiger partial charge on any atom is 0.308 e. The highest BCUT2D eigenvalue weighted by Crippen LogP contribution is 2.30. The molecular weight excluding hydrogens is 284 g/mol. The average molecular weight is 304 g/mol. The summed E-state index contributed by atoms with van der Waals surface area (Å²) in [7, 11) is 3.80. The molecule has 2 amide bonds. The molecule has 0 spiro atoms. The first-order chi connectivity index (χ1) is 10.4. The van der Waals surface area contributed by atoms with Crippen LogP contribution in [0.5, 0.6) is 5.75 Å². The molecule has 6 nitrogen and oxygen atoms in total. The number of likely N-dealkylation sites (N-methyl/N-ethyl adjacent to an activating group) is 1. The number of hydrogen-bond donors (Lipinski definition) is 0. The second-order valence-electron chi connectivity index (χ2n) is 5.61. The number of imide groups is 1. The van der Waals surface area contributed by atoms with E-state index < -0.39 is 11.9 Å². The van der Waals surface area contributed by atoms with E-state index in [-0.39, 0.29) is 18.2 Å². The van der Waals surface area contributed by atoms with Gasteiger partial charge in [-0.05, 0) is 31.8 Å². The minimum atomic E-state index is -0.443. The molecule has 1 heterocycles. The van der Waals surface area contributed by atoms with E-state index in [0.29, 0.717) is 18.8 Å². The predicted molar refractivity (Wildman–Crippen MR) is 80.4 cm³/mol. The normalized spacial score (nSPS) is 18.2. The van der Waals surface area contributed by atoms with Crippen LogP contribution in [0.3, 0.4) is 0 Å². The van der Waals surface area contributed by atoms with Crippen LogP contribution in [0.1, 0.15) is 24.8 Å². The Hall–Kier alpha value is -2.21. The van der Waals surface area contributed by atoms with E-state index in [1.165, 1.54) is 11.8 Å². The molecule has 2 rings (SSSR count). The van der Waals surface area contributed by atoms with E-state index in [1.807, 2.05) is 19.0 Å². The topological polar surface area (TPSA) is 66.9 Å². The van der Waals surface area contributed by atoms with Crippen molar-refractivity contribution in [3.63, 3.8) is 0 Å². The molecule has 22 heavy (non-hydrogen) atoms. The Morgan fingerprint density at radius 1 is 1.27 bits per heavy atom. The smallest absolute Gasteiger partial charge is 0.308 e. The first-order valence-electron chi connectivity index (χ1n) is 7.16. The highest BCUT2D eigenvalue weighted by Gasteiger charge is 2.38. The molecular formula is C16H20N2O4. The molecule has 1 fully saturated rings. The van der Waals surface area contributed by atoms with Gasteiger partial charge in [-0.15, -0.1) is 0 Å². The third kappa shape index (κ3) is 3.71. The molecule has 118 valence electrons. The van der Waals surface area contributed by atoms with Gasteiger partial charge >= 0.3 is 5.97 Å². The summed E-state index contributed by atoms with van der Waals surface area (Å²) in [5, 5.41) is 0. The van der Waals surface area contributed by atoms with Gasteiger partial charge < -0.3 is 9.64 Å². The van der Waals surface area contributed by atoms with Gasteiger partial charge in [-0.2, -0.15) is 0 Å². The van der Waals surface area contributed by atoms with Gasteiger partial charge in [-0.25, -0.2) is 0 Å². The van der Waals surface area contributed by atoms with Crippen molar-refractivity contribution in [1.29, 1.82) is 0 Å². The molecule has 0 aliphatic carbocycles. The SMILES string of the molecule is CC(=O)Oc1ccc([C@H]2CC(=O)N(CCN(C)C)C2=O)cc1. The summed E-state index contributed by atoms with van der Waals surface area (Å²) in [6.45, 7) is 2.39. The maximum atomic E-state index is 12.4. The number of likely N-dealkylation sites (tertiary alicyclic amines) is 1. The molecule has 6 heteroatoms. The molecule has 1 aromatic rings. The Morgan fingerprint density at radius 2 is 1.91 bits per heavy atom. The number of esters is 1. The minimum Gasteiger partial charge on any atom is -0.427 e. The number of hydrogen-bond acceptors (Lipinski definition) is 5. The lowest BCUT2D eigenvalue weighted by atomic mass is 9.97. The van der Waals surface area contributed by atoms with Gasteiger partial charge in [0, 0.05) is 26.4 Å². The van der Waals surface area contributed by atoms with E-state index in [1.54, 1.807) is 24.3 Å². The zero-order valence-corrected chi connectivity index (χ0v) is 13.0. The number of nitrogens with zero attached hydrogens (tertiary/aromatic N) is 2. The molecule has 0 aromatic heterocycles. The van der Waals surface area contributed by atoms with Crippen molar-refractivity contribution in [3.8, 4) is 5.75 Å². The Labute approximate surface area is 129 Å². The van der Waals surface area contributed by atoms with E-state index in [2.05, 4.69) is 0 Å². The number of rotatable bonds is 5. The van der Waals surface area contributed by atoms with Gasteiger partial charge in [0.05, 0.1) is 5.92 Å². The van der Waals surface area contributed by atoms with Crippen LogP contribution in [0.4, 0.5) is 0 Å². The lowest BCUT2D eigenvalue weighted by Crippen LogP contribution is -2.36. The van der Waals surface area contributed by atoms with E-state index in [0.717, 1.165) is 5.56 Å². The first-order valence-corrected chi connectivity index (χ1v) is 7.16. The van der Waals surface area contributed by atoms with Crippen molar-refractivity contribution in [2.24, 2.45) is 0 Å². The standard InChI is InChI=1S/C16H20N2O4/c1-11(19)22-13-6-4-12(5-7-13)14-10-15(20)18(16(14)21)9-8-17(2)3/h4-7,14H,8-10H2,1-3H3/t14-/m1/s1. The molecule has 0 N–H and O–H groups in total. The summed E-state index contributed by atoms with van der Waals surface area (Å²) >= 11 is 0. The summed E-state index contributed by atoms with van der Waals surface area (Å²) in [5.41, 5.74) is 0.765. The van der Waals surface area contributed by atoms with Crippen LogP contribution < -0.4 is 4.74 Å². The summed E-state index contributed by atoms with van der Waals surface area (Å²) in [6.07, 6.45) is 0.194. The van der Waals surface area contributed by atoms with Crippen molar-refractivity contribution < 1.29 is 19.1 Å². The van der Waals surface area contributed by atoms with Gasteiger partial charge in [-0.1, -0.05) is 12.1 Å². The average Bonchev–Trinajstić information content (AvgIpc) is 2.72. The quantitative estimate of drug-likeness (QED) is 0.461. The maximum absolute atomic E-state index is 12.4. The highest BCUT2D eigenvalue weighted by molar-refractivity contribution is 6.06. The van der Waals surface area contributed by atoms with Gasteiger partial charge in [0.15, 0.2) is 0 Å². The molecule has 0 unspecified atom stereocenters. The van der Waals surface area contributed by atoms with Crippen LogP contribution in [-0.2, 0) is 14.4 Å². The minimum absolute atomic E-state index is 0.138. The van der Waals surface area contributed by atoms with Crippen LogP contribution in [0, 0.1) is 0 Å². The van der Waals surface area contributed by atoms with Gasteiger partial charge in [-0.3, -0.25) is 19.3 Å². The van der Waals surface area contributed by atoms with Gasteiger partial charge in [0.1, 0.15) is 5.75 Å². The molecule has 0 radical (unpaired) electrons. The third-order valence-electron chi connectivity index (χ3n) is 3.56. The van der Waals surface area contributed by atoms with Crippen molar-refractivity contribution in [2.45, 2.75) is 19.3 Å². The zero-order valence-electron chi connectivity index (χ0n) is 13.0. The lowest BCUT2D eigenvalue weighted by Gasteiger charge is -2.17. The summed E-state index contributed by atoms with van der Waals surface area (Å²) in [5.74, 6) is -0.707. The fourth-order valence-electron chi connectivity index (χ4n) is 2.41. The van der Waals surface area contributed by atoms with Crippen LogP contribution >= 0.6 is 0 Å². The Bertz CT molecular complexity index is 580. The number of amides is 2. The molecule has 1 aromatic carbocycles. The van der Waals surface area contributed by atoms with Crippen molar-refractivity contribution >= 4 is 17.8 Å². The van der Waals surface area contributed by atoms with Crippen LogP contribution in [0.15, 0.2) is 24.3 Å². The molecule has 0 bridgehead atoms. The second kappa shape index (κ2) is 6.70. The third-order valence-corrected chi connectivity index (χ3v) is 3.56. The fourth-order valence-corrected chi connectivity index (χ4v) is 2.41. The molecule has 1 aliphatic heterocycles. The molecule has 1 saturated heterocycles. The van der Waals surface area contributed by atoms with Crippen LogP contribution in [0.25, 0.3) is 0 Å². The summed E-state index contributed by atoms with van der Waals surface area (Å²) in [6, 6.07) is 6.72. The van der Waals surface area contributed by atoms with E-state index in [4.69, 9.17) is 4.74 Å². The highest BCUT2D eigenvalue weighted by atomic mass is 16.5. The molecule has 1 aliphatic rings. The first kappa shape index (κ1) is 16.2. The van der Waals surface area contributed by atoms with E-state index in [9.17, 15) is 14.4 Å². The van der Waals surface area contributed by atoms with Gasteiger partial charge in [0.2, 0.25) is 11.8 Å². The predicted octanol–water partition coefficient (Wildman–Crippen LogP) is 1.02. The number of carbonyl (C=O) groups excluding carboxylic acids is 3. The fraction of sp³-hybridized carbons (Fsp3) is 0.438. The van der Waals surface area contributed by atoms with Crippen molar-refractivity contribution in [3.05, 3.63) is 29.8 Å². The number of benzene rings is 1. The number of carbonyl (C=O) groups is 3. The van der Waals surface area contributed by atoms with Crippen molar-refractivity contribution in [2.75, 3.05) is 27.2 Å². The molecule has 0 saturated carbocycles. The molecule has 1 atom stereocenters. The summed E-state index contributed by atoms with van der Waals surface area (Å²) < 4.78 is 4.96. The Balaban J connectivity index is 2.08. The van der Waals surface area contributed by atoms with E-state index >= 15 is 0 Å². The van der Waals surface area contributed by atoms with Crippen LogP contribution in [0.2, 0.25) is 0 Å². The Kier molecular flexibility index (Phi) is 4.92.